The third-order valence-corrected chi connectivity index (χ3v) is 2.63. The predicted molar refractivity (Wildman–Crippen MR) is 48.5 cm³/mol. The topological polar surface area (TPSA) is 60.8 Å². The summed E-state index contributed by atoms with van der Waals surface area (Å²) in [6, 6.07) is 0. The molecule has 76 valence electrons. The van der Waals surface area contributed by atoms with E-state index in [1.165, 1.54) is 0 Å². The standard InChI is InChI=1S/C9H17NO3/c1-10-5-4-8(11)7(6-10)2-3-9(12)13/h7-8,11H,2-6H2,1H3,(H,12,13)/t7-,8+/m0/s1. The number of aliphatic carboxylic acids is 1. The molecule has 1 heterocycles. The van der Waals surface area contributed by atoms with Crippen LogP contribution in [0.25, 0.3) is 0 Å². The fourth-order valence-electron chi connectivity index (χ4n) is 1.79. The highest BCUT2D eigenvalue weighted by Gasteiger charge is 2.25. The molecule has 0 aromatic heterocycles. The van der Waals surface area contributed by atoms with Gasteiger partial charge in [-0.05, 0) is 25.8 Å². The zero-order valence-electron chi connectivity index (χ0n) is 7.94. The molecule has 0 aliphatic carbocycles. The number of piperidine rings is 1. The van der Waals surface area contributed by atoms with Gasteiger partial charge in [0.25, 0.3) is 0 Å². The fraction of sp³-hybridized carbons (Fsp3) is 0.889. The van der Waals surface area contributed by atoms with Gasteiger partial charge in [0, 0.05) is 19.5 Å². The van der Waals surface area contributed by atoms with Gasteiger partial charge in [0.05, 0.1) is 6.10 Å². The summed E-state index contributed by atoms with van der Waals surface area (Å²) >= 11 is 0. The van der Waals surface area contributed by atoms with E-state index in [2.05, 4.69) is 4.90 Å². The lowest BCUT2D eigenvalue weighted by Crippen LogP contribution is -2.41. The summed E-state index contributed by atoms with van der Waals surface area (Å²) in [5.41, 5.74) is 0. The van der Waals surface area contributed by atoms with E-state index in [9.17, 15) is 9.90 Å². The Labute approximate surface area is 78.2 Å². The van der Waals surface area contributed by atoms with Crippen LogP contribution in [0.1, 0.15) is 19.3 Å². The van der Waals surface area contributed by atoms with Crippen LogP contribution in [0.4, 0.5) is 0 Å². The van der Waals surface area contributed by atoms with Gasteiger partial charge in [-0.3, -0.25) is 4.79 Å². The molecule has 1 fully saturated rings. The van der Waals surface area contributed by atoms with Crippen molar-refractivity contribution >= 4 is 5.97 Å². The van der Waals surface area contributed by atoms with Crippen LogP contribution in [-0.4, -0.2) is 47.3 Å². The van der Waals surface area contributed by atoms with Gasteiger partial charge in [-0.25, -0.2) is 0 Å². The van der Waals surface area contributed by atoms with Crippen molar-refractivity contribution in [1.82, 2.24) is 4.90 Å². The smallest absolute Gasteiger partial charge is 0.303 e. The Balaban J connectivity index is 2.33. The Morgan fingerprint density at radius 1 is 1.62 bits per heavy atom. The summed E-state index contributed by atoms with van der Waals surface area (Å²) in [5, 5.41) is 18.1. The average molecular weight is 187 g/mol. The third kappa shape index (κ3) is 3.32. The van der Waals surface area contributed by atoms with E-state index in [4.69, 9.17) is 5.11 Å². The maximum atomic E-state index is 10.3. The predicted octanol–water partition coefficient (Wildman–Crippen LogP) is 0.164. The van der Waals surface area contributed by atoms with E-state index in [-0.39, 0.29) is 18.4 Å². The Kier molecular flexibility index (Phi) is 3.69. The molecule has 4 nitrogen and oxygen atoms in total. The van der Waals surface area contributed by atoms with E-state index in [0.29, 0.717) is 6.42 Å². The van der Waals surface area contributed by atoms with Crippen molar-refractivity contribution in [2.45, 2.75) is 25.4 Å². The second-order valence-electron chi connectivity index (χ2n) is 3.81. The number of carbonyl (C=O) groups is 1. The maximum absolute atomic E-state index is 10.3. The largest absolute Gasteiger partial charge is 0.481 e. The molecule has 13 heavy (non-hydrogen) atoms. The average Bonchev–Trinajstić information content (AvgIpc) is 2.06. The molecule has 1 aliphatic rings. The summed E-state index contributed by atoms with van der Waals surface area (Å²) < 4.78 is 0. The van der Waals surface area contributed by atoms with Crippen molar-refractivity contribution in [3.8, 4) is 0 Å². The minimum absolute atomic E-state index is 0.134. The quantitative estimate of drug-likeness (QED) is 0.661. The van der Waals surface area contributed by atoms with E-state index in [1.54, 1.807) is 0 Å². The Morgan fingerprint density at radius 2 is 2.31 bits per heavy atom. The first kappa shape index (κ1) is 10.5. The first-order valence-corrected chi connectivity index (χ1v) is 4.68. The van der Waals surface area contributed by atoms with Gasteiger partial charge in [0.15, 0.2) is 0 Å². The second kappa shape index (κ2) is 4.58. The van der Waals surface area contributed by atoms with Gasteiger partial charge in [0.1, 0.15) is 0 Å². The Morgan fingerprint density at radius 3 is 2.92 bits per heavy atom. The first-order valence-electron chi connectivity index (χ1n) is 4.68. The Hall–Kier alpha value is -0.610. The van der Waals surface area contributed by atoms with Crippen LogP contribution in [0.2, 0.25) is 0 Å². The summed E-state index contributed by atoms with van der Waals surface area (Å²) in [4.78, 5) is 12.5. The number of aliphatic hydroxyl groups is 1. The monoisotopic (exact) mass is 187 g/mol. The minimum atomic E-state index is -0.777. The summed E-state index contributed by atoms with van der Waals surface area (Å²) in [7, 11) is 2.00. The highest BCUT2D eigenvalue weighted by Crippen LogP contribution is 2.20. The van der Waals surface area contributed by atoms with Crippen molar-refractivity contribution < 1.29 is 15.0 Å². The molecule has 0 amide bonds. The molecule has 4 heteroatoms. The summed E-state index contributed by atoms with van der Waals surface area (Å²) in [6.45, 7) is 1.72. The van der Waals surface area contributed by atoms with Gasteiger partial charge in [-0.1, -0.05) is 0 Å². The van der Waals surface area contributed by atoms with E-state index >= 15 is 0 Å². The number of hydrogen-bond acceptors (Lipinski definition) is 3. The van der Waals surface area contributed by atoms with Crippen LogP contribution in [-0.2, 0) is 4.79 Å². The highest BCUT2D eigenvalue weighted by molar-refractivity contribution is 5.66. The second-order valence-corrected chi connectivity index (χ2v) is 3.81. The summed E-state index contributed by atoms with van der Waals surface area (Å²) in [5.74, 6) is -0.643. The van der Waals surface area contributed by atoms with Crippen molar-refractivity contribution in [2.75, 3.05) is 20.1 Å². The lowest BCUT2D eigenvalue weighted by atomic mass is 9.91. The molecule has 2 atom stereocenters. The van der Waals surface area contributed by atoms with Crippen LogP contribution in [0, 0.1) is 5.92 Å². The molecule has 0 aromatic carbocycles. The van der Waals surface area contributed by atoms with Crippen LogP contribution < -0.4 is 0 Å². The van der Waals surface area contributed by atoms with Gasteiger partial charge in [-0.2, -0.15) is 0 Å². The van der Waals surface area contributed by atoms with Gasteiger partial charge < -0.3 is 15.1 Å². The molecule has 2 N–H and O–H groups in total. The van der Waals surface area contributed by atoms with Crippen LogP contribution >= 0.6 is 0 Å². The molecule has 1 aliphatic heterocycles. The lowest BCUT2D eigenvalue weighted by molar-refractivity contribution is -0.137. The highest BCUT2D eigenvalue weighted by atomic mass is 16.4. The van der Waals surface area contributed by atoms with E-state index in [0.717, 1.165) is 19.5 Å². The molecule has 0 spiro atoms. The van der Waals surface area contributed by atoms with Crippen LogP contribution in [0.15, 0.2) is 0 Å². The number of likely N-dealkylation sites (tertiary alicyclic amines) is 1. The molecule has 0 unspecified atom stereocenters. The fourth-order valence-corrected chi connectivity index (χ4v) is 1.79. The molecular weight excluding hydrogens is 170 g/mol. The number of carboxylic acids is 1. The van der Waals surface area contributed by atoms with Crippen molar-refractivity contribution in [1.29, 1.82) is 0 Å². The minimum Gasteiger partial charge on any atom is -0.481 e. The molecule has 1 rings (SSSR count). The normalized spacial score (nSPS) is 30.3. The Bertz CT molecular complexity index is 184. The number of nitrogens with zero attached hydrogens (tertiary/aromatic N) is 1. The molecule has 0 saturated carbocycles. The first-order chi connectivity index (χ1) is 6.09. The van der Waals surface area contributed by atoms with Gasteiger partial charge in [-0.15, -0.1) is 0 Å². The summed E-state index contributed by atoms with van der Waals surface area (Å²) in [6.07, 6.45) is 1.20. The number of aliphatic hydroxyl groups excluding tert-OH is 1. The van der Waals surface area contributed by atoms with Gasteiger partial charge >= 0.3 is 5.97 Å². The van der Waals surface area contributed by atoms with Crippen molar-refractivity contribution in [3.05, 3.63) is 0 Å². The number of hydrogen-bond donors (Lipinski definition) is 2. The maximum Gasteiger partial charge on any atom is 0.303 e. The lowest BCUT2D eigenvalue weighted by Gasteiger charge is -2.33. The van der Waals surface area contributed by atoms with E-state index < -0.39 is 5.97 Å². The molecule has 0 aromatic rings. The van der Waals surface area contributed by atoms with Crippen LogP contribution in [0.5, 0.6) is 0 Å². The molecule has 0 bridgehead atoms. The molecule has 1 saturated heterocycles. The van der Waals surface area contributed by atoms with Crippen molar-refractivity contribution in [3.63, 3.8) is 0 Å². The zero-order valence-corrected chi connectivity index (χ0v) is 7.94. The third-order valence-electron chi connectivity index (χ3n) is 2.63. The molecule has 0 radical (unpaired) electrons. The van der Waals surface area contributed by atoms with Crippen molar-refractivity contribution in [2.24, 2.45) is 5.92 Å². The zero-order chi connectivity index (χ0) is 9.84. The van der Waals surface area contributed by atoms with E-state index in [1.807, 2.05) is 7.05 Å². The van der Waals surface area contributed by atoms with Gasteiger partial charge in [0.2, 0.25) is 0 Å². The van der Waals surface area contributed by atoms with Crippen LogP contribution in [0.3, 0.4) is 0 Å². The molecular formula is C9H17NO3. The SMILES string of the molecule is CN1CC[C@@H](O)[C@@H](CCC(=O)O)C1. The number of carboxylic acid groups (broad SMARTS) is 1. The number of rotatable bonds is 3.